The standard InChI is InChI=1S/C19H25N5O2/c1-14-5-10-24(13-15-3-2-6-20-11-15)19(26)17(14)18(25)23-7-4-16-12-21-8-9-22-16/h5,8-10,12,15,20H,2-4,6-7,11,13H2,1H3,(H,23,25). The highest BCUT2D eigenvalue weighted by atomic mass is 16.2. The Bertz CT molecular complexity index is 797. The van der Waals surface area contributed by atoms with E-state index >= 15 is 0 Å². The molecular formula is C19H25N5O2. The van der Waals surface area contributed by atoms with Crippen LogP contribution >= 0.6 is 0 Å². The van der Waals surface area contributed by atoms with Crippen molar-refractivity contribution in [2.24, 2.45) is 5.92 Å². The molecule has 0 bridgehead atoms. The summed E-state index contributed by atoms with van der Waals surface area (Å²) in [5.74, 6) is 0.101. The van der Waals surface area contributed by atoms with Crippen LogP contribution < -0.4 is 16.2 Å². The number of nitrogens with one attached hydrogen (secondary N) is 2. The summed E-state index contributed by atoms with van der Waals surface area (Å²) in [4.78, 5) is 33.5. The molecule has 26 heavy (non-hydrogen) atoms. The summed E-state index contributed by atoms with van der Waals surface area (Å²) in [6.07, 6.45) is 9.51. The van der Waals surface area contributed by atoms with Crippen molar-refractivity contribution >= 4 is 5.91 Å². The molecule has 3 rings (SSSR count). The Hall–Kier alpha value is -2.54. The zero-order chi connectivity index (χ0) is 18.4. The molecule has 138 valence electrons. The fourth-order valence-corrected chi connectivity index (χ4v) is 3.29. The molecule has 3 heterocycles. The molecule has 7 nitrogen and oxygen atoms in total. The first kappa shape index (κ1) is 18.3. The molecule has 0 spiro atoms. The van der Waals surface area contributed by atoms with Crippen molar-refractivity contribution in [3.05, 3.63) is 58.0 Å². The van der Waals surface area contributed by atoms with E-state index in [9.17, 15) is 9.59 Å². The van der Waals surface area contributed by atoms with Crippen LogP contribution in [0.15, 0.2) is 35.6 Å². The first-order chi connectivity index (χ1) is 12.6. The van der Waals surface area contributed by atoms with Crippen LogP contribution in [0.4, 0.5) is 0 Å². The maximum atomic E-state index is 12.8. The fourth-order valence-electron chi connectivity index (χ4n) is 3.29. The van der Waals surface area contributed by atoms with E-state index in [1.54, 1.807) is 36.3 Å². The SMILES string of the molecule is Cc1ccn(CC2CCCNC2)c(=O)c1C(=O)NCCc1cnccn1. The van der Waals surface area contributed by atoms with E-state index in [2.05, 4.69) is 20.6 Å². The maximum Gasteiger partial charge on any atom is 0.263 e. The van der Waals surface area contributed by atoms with Crippen molar-refractivity contribution in [3.63, 3.8) is 0 Å². The number of nitrogens with zero attached hydrogens (tertiary/aromatic N) is 3. The molecule has 1 unspecified atom stereocenters. The minimum absolute atomic E-state index is 0.215. The Balaban J connectivity index is 1.66. The molecule has 2 N–H and O–H groups in total. The number of carbonyl (C=O) groups excluding carboxylic acids is 1. The van der Waals surface area contributed by atoms with E-state index in [1.807, 2.05) is 6.07 Å². The molecule has 0 aliphatic carbocycles. The summed E-state index contributed by atoms with van der Waals surface area (Å²) >= 11 is 0. The van der Waals surface area contributed by atoms with Crippen molar-refractivity contribution in [1.82, 2.24) is 25.2 Å². The summed E-state index contributed by atoms with van der Waals surface area (Å²) in [5, 5.41) is 6.19. The largest absolute Gasteiger partial charge is 0.351 e. The van der Waals surface area contributed by atoms with Crippen molar-refractivity contribution in [2.75, 3.05) is 19.6 Å². The molecule has 0 aromatic carbocycles. The van der Waals surface area contributed by atoms with Gasteiger partial charge in [-0.25, -0.2) is 0 Å². The number of amides is 1. The van der Waals surface area contributed by atoms with E-state index < -0.39 is 0 Å². The van der Waals surface area contributed by atoms with E-state index in [0.29, 0.717) is 31.0 Å². The summed E-state index contributed by atoms with van der Waals surface area (Å²) in [5.41, 5.74) is 1.52. The molecular weight excluding hydrogens is 330 g/mol. The number of pyridine rings is 1. The fraction of sp³-hybridized carbons (Fsp3) is 0.474. The first-order valence-electron chi connectivity index (χ1n) is 9.09. The highest BCUT2D eigenvalue weighted by Gasteiger charge is 2.18. The third kappa shape index (κ3) is 4.54. The predicted octanol–water partition coefficient (Wildman–Crippen LogP) is 0.919. The van der Waals surface area contributed by atoms with Gasteiger partial charge in [0, 0.05) is 44.3 Å². The van der Waals surface area contributed by atoms with Crippen molar-refractivity contribution in [2.45, 2.75) is 32.7 Å². The molecule has 1 amide bonds. The van der Waals surface area contributed by atoms with Gasteiger partial charge in [0.1, 0.15) is 5.56 Å². The minimum atomic E-state index is -0.326. The van der Waals surface area contributed by atoms with Crippen LogP contribution in [-0.2, 0) is 13.0 Å². The van der Waals surface area contributed by atoms with E-state index in [0.717, 1.165) is 31.6 Å². The number of carbonyl (C=O) groups is 1. The molecule has 1 saturated heterocycles. The molecule has 1 aliphatic rings. The smallest absolute Gasteiger partial charge is 0.263 e. The van der Waals surface area contributed by atoms with Crippen LogP contribution in [0.1, 0.15) is 34.5 Å². The molecule has 1 atom stereocenters. The van der Waals surface area contributed by atoms with Gasteiger partial charge < -0.3 is 15.2 Å². The lowest BCUT2D eigenvalue weighted by Crippen LogP contribution is -2.38. The highest BCUT2D eigenvalue weighted by Crippen LogP contribution is 2.12. The normalized spacial score (nSPS) is 17.0. The number of aromatic nitrogens is 3. The first-order valence-corrected chi connectivity index (χ1v) is 9.09. The number of hydrogen-bond donors (Lipinski definition) is 2. The van der Waals surface area contributed by atoms with E-state index in [-0.39, 0.29) is 17.0 Å². The van der Waals surface area contributed by atoms with Gasteiger partial charge >= 0.3 is 0 Å². The molecule has 1 aliphatic heterocycles. The summed E-state index contributed by atoms with van der Waals surface area (Å²) < 4.78 is 1.67. The Labute approximate surface area is 152 Å². The average molecular weight is 355 g/mol. The quantitative estimate of drug-likeness (QED) is 0.804. The van der Waals surface area contributed by atoms with Crippen LogP contribution in [0, 0.1) is 12.8 Å². The predicted molar refractivity (Wildman–Crippen MR) is 99.1 cm³/mol. The topological polar surface area (TPSA) is 88.9 Å². The second kappa shape index (κ2) is 8.71. The van der Waals surface area contributed by atoms with Gasteiger partial charge in [-0.3, -0.25) is 19.6 Å². The maximum absolute atomic E-state index is 12.8. The third-order valence-electron chi connectivity index (χ3n) is 4.74. The van der Waals surface area contributed by atoms with Crippen LogP contribution in [-0.4, -0.2) is 40.1 Å². The van der Waals surface area contributed by atoms with Gasteiger partial charge in [-0.15, -0.1) is 0 Å². The molecule has 0 radical (unpaired) electrons. The highest BCUT2D eigenvalue weighted by molar-refractivity contribution is 5.95. The average Bonchev–Trinajstić information content (AvgIpc) is 2.66. The lowest BCUT2D eigenvalue weighted by atomic mass is 9.99. The molecule has 7 heteroatoms. The Morgan fingerprint density at radius 2 is 2.31 bits per heavy atom. The summed E-state index contributed by atoms with van der Waals surface area (Å²) in [7, 11) is 0. The third-order valence-corrected chi connectivity index (χ3v) is 4.74. The van der Waals surface area contributed by atoms with Crippen LogP contribution in [0.5, 0.6) is 0 Å². The molecule has 0 saturated carbocycles. The van der Waals surface area contributed by atoms with Crippen molar-refractivity contribution < 1.29 is 4.79 Å². The minimum Gasteiger partial charge on any atom is -0.351 e. The Kier molecular flexibility index (Phi) is 6.12. The Morgan fingerprint density at radius 3 is 3.04 bits per heavy atom. The number of rotatable bonds is 6. The van der Waals surface area contributed by atoms with Gasteiger partial charge in [-0.2, -0.15) is 0 Å². The van der Waals surface area contributed by atoms with Crippen LogP contribution in [0.2, 0.25) is 0 Å². The molecule has 2 aromatic rings. The van der Waals surface area contributed by atoms with Gasteiger partial charge in [0.15, 0.2) is 0 Å². The second-order valence-corrected chi connectivity index (χ2v) is 6.75. The van der Waals surface area contributed by atoms with E-state index in [1.165, 1.54) is 0 Å². The number of hydrogen-bond acceptors (Lipinski definition) is 5. The second-order valence-electron chi connectivity index (χ2n) is 6.75. The zero-order valence-electron chi connectivity index (χ0n) is 15.1. The summed E-state index contributed by atoms with van der Waals surface area (Å²) in [6, 6.07) is 1.84. The zero-order valence-corrected chi connectivity index (χ0v) is 15.1. The Morgan fingerprint density at radius 1 is 1.42 bits per heavy atom. The van der Waals surface area contributed by atoms with Gasteiger partial charge in [-0.05, 0) is 50.4 Å². The van der Waals surface area contributed by atoms with Gasteiger partial charge in [0.05, 0.1) is 5.69 Å². The van der Waals surface area contributed by atoms with Crippen molar-refractivity contribution in [1.29, 1.82) is 0 Å². The van der Waals surface area contributed by atoms with Gasteiger partial charge in [-0.1, -0.05) is 0 Å². The van der Waals surface area contributed by atoms with Gasteiger partial charge in [0.25, 0.3) is 11.5 Å². The number of aryl methyl sites for hydroxylation is 1. The molecule has 1 fully saturated rings. The lowest BCUT2D eigenvalue weighted by Gasteiger charge is -2.23. The lowest BCUT2D eigenvalue weighted by molar-refractivity contribution is 0.0951. The van der Waals surface area contributed by atoms with E-state index in [4.69, 9.17) is 0 Å². The monoisotopic (exact) mass is 355 g/mol. The van der Waals surface area contributed by atoms with Crippen LogP contribution in [0.3, 0.4) is 0 Å². The van der Waals surface area contributed by atoms with Gasteiger partial charge in [0.2, 0.25) is 0 Å². The van der Waals surface area contributed by atoms with Crippen LogP contribution in [0.25, 0.3) is 0 Å². The number of piperidine rings is 1. The molecule has 2 aromatic heterocycles. The summed E-state index contributed by atoms with van der Waals surface area (Å²) in [6.45, 7) is 4.81. The van der Waals surface area contributed by atoms with Crippen molar-refractivity contribution in [3.8, 4) is 0 Å².